The second-order valence-electron chi connectivity index (χ2n) is 5.32. The zero-order chi connectivity index (χ0) is 17.3. The summed E-state index contributed by atoms with van der Waals surface area (Å²) in [6.07, 6.45) is 5.31. The predicted octanol–water partition coefficient (Wildman–Crippen LogP) is 4.33. The molecule has 0 atom stereocenters. The number of pyridine rings is 1. The highest BCUT2D eigenvalue weighted by molar-refractivity contribution is 8.13. The topological polar surface area (TPSA) is 63.6 Å². The number of benzene rings is 2. The summed E-state index contributed by atoms with van der Waals surface area (Å²) in [6.45, 7) is 0. The van der Waals surface area contributed by atoms with Crippen molar-refractivity contribution in [2.24, 2.45) is 15.9 Å². The SMILES string of the molecule is NC(=NN=Cc1cccc(-c2cccnc2)c1)SCc1ccccc1. The molecule has 0 aliphatic carbocycles. The zero-order valence-corrected chi connectivity index (χ0v) is 14.4. The quantitative estimate of drug-likeness (QED) is 0.425. The van der Waals surface area contributed by atoms with Crippen LogP contribution in [0.4, 0.5) is 0 Å². The van der Waals surface area contributed by atoms with Crippen molar-refractivity contribution in [2.45, 2.75) is 5.75 Å². The highest BCUT2D eigenvalue weighted by atomic mass is 32.2. The van der Waals surface area contributed by atoms with Crippen LogP contribution in [0.2, 0.25) is 0 Å². The maximum Gasteiger partial charge on any atom is 0.180 e. The molecule has 0 aliphatic rings. The van der Waals surface area contributed by atoms with Crippen molar-refractivity contribution in [3.8, 4) is 11.1 Å². The van der Waals surface area contributed by atoms with E-state index in [2.05, 4.69) is 27.3 Å². The first-order valence-corrected chi connectivity index (χ1v) is 8.83. The minimum Gasteiger partial charge on any atom is -0.377 e. The second-order valence-corrected chi connectivity index (χ2v) is 6.32. The summed E-state index contributed by atoms with van der Waals surface area (Å²) >= 11 is 1.47. The first-order chi connectivity index (χ1) is 12.3. The number of rotatable bonds is 5. The molecule has 0 saturated carbocycles. The molecule has 3 aromatic rings. The van der Waals surface area contributed by atoms with Crippen LogP contribution in [-0.2, 0) is 5.75 Å². The fourth-order valence-corrected chi connectivity index (χ4v) is 2.86. The number of nitrogens with zero attached hydrogens (tertiary/aromatic N) is 3. The third-order valence-corrected chi connectivity index (χ3v) is 4.33. The van der Waals surface area contributed by atoms with E-state index >= 15 is 0 Å². The molecule has 1 aromatic heterocycles. The summed E-state index contributed by atoms with van der Waals surface area (Å²) in [5.41, 5.74) is 10.2. The van der Waals surface area contributed by atoms with E-state index in [1.54, 1.807) is 12.4 Å². The van der Waals surface area contributed by atoms with Crippen LogP contribution in [0.15, 0.2) is 89.3 Å². The van der Waals surface area contributed by atoms with Gasteiger partial charge in [0, 0.05) is 23.7 Å². The van der Waals surface area contributed by atoms with Crippen molar-refractivity contribution in [3.05, 3.63) is 90.3 Å². The molecule has 1 heterocycles. The molecule has 0 fully saturated rings. The third-order valence-electron chi connectivity index (χ3n) is 3.47. The highest BCUT2D eigenvalue weighted by Gasteiger charge is 1.98. The minimum atomic E-state index is 0.448. The van der Waals surface area contributed by atoms with Crippen LogP contribution in [0.1, 0.15) is 11.1 Å². The zero-order valence-electron chi connectivity index (χ0n) is 13.6. The predicted molar refractivity (Wildman–Crippen MR) is 107 cm³/mol. The van der Waals surface area contributed by atoms with Crippen LogP contribution in [-0.4, -0.2) is 16.4 Å². The minimum absolute atomic E-state index is 0.448. The monoisotopic (exact) mass is 346 g/mol. The van der Waals surface area contributed by atoms with Crippen molar-refractivity contribution < 1.29 is 0 Å². The molecule has 4 nitrogen and oxygen atoms in total. The lowest BCUT2D eigenvalue weighted by Gasteiger charge is -2.01. The van der Waals surface area contributed by atoms with Gasteiger partial charge < -0.3 is 5.73 Å². The van der Waals surface area contributed by atoms with Gasteiger partial charge in [-0.3, -0.25) is 4.98 Å². The lowest BCUT2D eigenvalue weighted by atomic mass is 10.1. The van der Waals surface area contributed by atoms with E-state index in [1.165, 1.54) is 17.3 Å². The summed E-state index contributed by atoms with van der Waals surface area (Å²) in [7, 11) is 0. The normalized spacial score (nSPS) is 11.8. The van der Waals surface area contributed by atoms with Gasteiger partial charge in [-0.1, -0.05) is 66.4 Å². The molecule has 0 aliphatic heterocycles. The fourth-order valence-electron chi connectivity index (χ4n) is 2.24. The maximum absolute atomic E-state index is 5.90. The fraction of sp³-hybridized carbons (Fsp3) is 0.0500. The smallest absolute Gasteiger partial charge is 0.180 e. The van der Waals surface area contributed by atoms with E-state index in [1.807, 2.05) is 60.8 Å². The number of amidine groups is 1. The van der Waals surface area contributed by atoms with Gasteiger partial charge in [-0.25, -0.2) is 0 Å². The Kier molecular flexibility index (Phi) is 5.96. The summed E-state index contributed by atoms with van der Waals surface area (Å²) in [5.74, 6) is 0.780. The van der Waals surface area contributed by atoms with Crippen LogP contribution in [0.3, 0.4) is 0 Å². The van der Waals surface area contributed by atoms with E-state index in [0.29, 0.717) is 5.17 Å². The molecule has 3 rings (SSSR count). The van der Waals surface area contributed by atoms with Crippen molar-refractivity contribution in [3.63, 3.8) is 0 Å². The Morgan fingerprint density at radius 3 is 2.64 bits per heavy atom. The van der Waals surface area contributed by atoms with Gasteiger partial charge in [0.1, 0.15) is 0 Å². The summed E-state index contributed by atoms with van der Waals surface area (Å²) in [6, 6.07) is 22.1. The molecule has 2 N–H and O–H groups in total. The van der Waals surface area contributed by atoms with E-state index in [-0.39, 0.29) is 0 Å². The lowest BCUT2D eigenvalue weighted by molar-refractivity contribution is 1.25. The van der Waals surface area contributed by atoms with Gasteiger partial charge >= 0.3 is 0 Å². The molecule has 25 heavy (non-hydrogen) atoms. The number of aromatic nitrogens is 1. The molecular formula is C20H18N4S. The Hall–Kier alpha value is -2.92. The van der Waals surface area contributed by atoms with E-state index < -0.39 is 0 Å². The van der Waals surface area contributed by atoms with Crippen LogP contribution in [0, 0.1) is 0 Å². The number of thioether (sulfide) groups is 1. The van der Waals surface area contributed by atoms with Gasteiger partial charge in [0.25, 0.3) is 0 Å². The summed E-state index contributed by atoms with van der Waals surface area (Å²) < 4.78 is 0. The molecular weight excluding hydrogens is 328 g/mol. The van der Waals surface area contributed by atoms with E-state index in [9.17, 15) is 0 Å². The molecule has 0 radical (unpaired) electrons. The van der Waals surface area contributed by atoms with Crippen molar-refractivity contribution >= 4 is 23.1 Å². The Morgan fingerprint density at radius 2 is 1.84 bits per heavy atom. The van der Waals surface area contributed by atoms with Crippen LogP contribution in [0.5, 0.6) is 0 Å². The molecule has 0 spiro atoms. The largest absolute Gasteiger partial charge is 0.377 e. The van der Waals surface area contributed by atoms with Gasteiger partial charge in [-0.05, 0) is 28.8 Å². The number of hydrogen-bond acceptors (Lipinski definition) is 4. The van der Waals surface area contributed by atoms with Gasteiger partial charge in [0.05, 0.1) is 6.21 Å². The molecule has 0 amide bonds. The van der Waals surface area contributed by atoms with Gasteiger partial charge in [0.2, 0.25) is 0 Å². The van der Waals surface area contributed by atoms with Gasteiger partial charge in [0.15, 0.2) is 5.17 Å². The van der Waals surface area contributed by atoms with Crippen LogP contribution >= 0.6 is 11.8 Å². The number of nitrogens with two attached hydrogens (primary N) is 1. The van der Waals surface area contributed by atoms with Crippen molar-refractivity contribution in [1.82, 2.24) is 4.98 Å². The Labute approximate surface area is 151 Å². The van der Waals surface area contributed by atoms with Crippen LogP contribution in [0.25, 0.3) is 11.1 Å². The third kappa shape index (κ3) is 5.29. The highest BCUT2D eigenvalue weighted by Crippen LogP contribution is 2.18. The van der Waals surface area contributed by atoms with Crippen molar-refractivity contribution in [2.75, 3.05) is 0 Å². The Balaban J connectivity index is 1.62. The average molecular weight is 346 g/mol. The number of hydrogen-bond donors (Lipinski definition) is 1. The Morgan fingerprint density at radius 1 is 1.00 bits per heavy atom. The van der Waals surface area contributed by atoms with Gasteiger partial charge in [-0.15, -0.1) is 5.10 Å². The van der Waals surface area contributed by atoms with Gasteiger partial charge in [-0.2, -0.15) is 5.10 Å². The molecule has 0 bridgehead atoms. The standard InChI is InChI=1S/C20H18N4S/c21-20(25-15-16-6-2-1-3-7-16)24-23-13-17-8-4-9-18(12-17)19-10-5-11-22-14-19/h1-14H,15H2,(H2,21,24). The van der Waals surface area contributed by atoms with E-state index in [0.717, 1.165) is 22.4 Å². The summed E-state index contributed by atoms with van der Waals surface area (Å²) in [5, 5.41) is 8.59. The van der Waals surface area contributed by atoms with Crippen molar-refractivity contribution in [1.29, 1.82) is 0 Å². The average Bonchev–Trinajstić information content (AvgIpc) is 2.68. The van der Waals surface area contributed by atoms with E-state index in [4.69, 9.17) is 5.73 Å². The molecule has 0 saturated heterocycles. The maximum atomic E-state index is 5.90. The molecule has 0 unspecified atom stereocenters. The first-order valence-electron chi connectivity index (χ1n) is 7.85. The molecule has 124 valence electrons. The molecule has 2 aromatic carbocycles. The Bertz CT molecular complexity index is 861. The molecule has 5 heteroatoms. The van der Waals surface area contributed by atoms with Crippen LogP contribution < -0.4 is 5.73 Å². The summed E-state index contributed by atoms with van der Waals surface area (Å²) in [4.78, 5) is 4.15. The lowest BCUT2D eigenvalue weighted by Crippen LogP contribution is -2.05. The second kappa shape index (κ2) is 8.80. The first kappa shape index (κ1) is 16.9.